The molecule has 20 heavy (non-hydrogen) atoms. The zero-order valence-corrected chi connectivity index (χ0v) is 11.3. The first-order chi connectivity index (χ1) is 9.63. The van der Waals surface area contributed by atoms with Gasteiger partial charge in [-0.2, -0.15) is 0 Å². The summed E-state index contributed by atoms with van der Waals surface area (Å²) in [7, 11) is 0. The van der Waals surface area contributed by atoms with Gasteiger partial charge in [0.25, 0.3) is 11.8 Å². The molecular weight excluding hydrogens is 252 g/mol. The van der Waals surface area contributed by atoms with Crippen LogP contribution in [0.4, 0.5) is 5.69 Å². The van der Waals surface area contributed by atoms with Crippen molar-refractivity contribution in [3.8, 4) is 0 Å². The van der Waals surface area contributed by atoms with Gasteiger partial charge in [-0.15, -0.1) is 0 Å². The summed E-state index contributed by atoms with van der Waals surface area (Å²) < 4.78 is 0. The zero-order valence-electron chi connectivity index (χ0n) is 11.3. The third-order valence-electron chi connectivity index (χ3n) is 3.69. The number of imide groups is 1. The Labute approximate surface area is 117 Å². The Morgan fingerprint density at radius 3 is 2.60 bits per heavy atom. The summed E-state index contributed by atoms with van der Waals surface area (Å²) in [6.07, 6.45) is 1.75. The fourth-order valence-corrected chi connectivity index (χ4v) is 2.70. The van der Waals surface area contributed by atoms with Crippen LogP contribution < -0.4 is 5.73 Å². The monoisotopic (exact) mass is 268 g/mol. The lowest BCUT2D eigenvalue weighted by atomic mass is 9.93. The molecule has 1 aliphatic rings. The Morgan fingerprint density at radius 1 is 1.10 bits per heavy atom. The zero-order chi connectivity index (χ0) is 14.3. The third kappa shape index (κ3) is 1.76. The Balaban J connectivity index is 2.23. The smallest absolute Gasteiger partial charge is 0.261 e. The molecule has 2 aromatic carbocycles. The van der Waals surface area contributed by atoms with E-state index in [-0.39, 0.29) is 11.8 Å². The van der Waals surface area contributed by atoms with Crippen molar-refractivity contribution in [2.75, 3.05) is 12.3 Å². The first kappa shape index (κ1) is 12.7. The van der Waals surface area contributed by atoms with Crippen molar-refractivity contribution in [2.45, 2.75) is 19.8 Å². The van der Waals surface area contributed by atoms with E-state index in [0.717, 1.165) is 23.6 Å². The van der Waals surface area contributed by atoms with Gasteiger partial charge in [0.05, 0.1) is 5.56 Å². The highest BCUT2D eigenvalue weighted by atomic mass is 16.2. The molecule has 2 amide bonds. The van der Waals surface area contributed by atoms with Gasteiger partial charge in [0.1, 0.15) is 0 Å². The Bertz CT molecular complexity index is 722. The number of rotatable bonds is 3. The molecule has 4 heteroatoms. The second kappa shape index (κ2) is 4.63. The molecule has 0 unspecified atom stereocenters. The van der Waals surface area contributed by atoms with Crippen LogP contribution in [-0.4, -0.2) is 23.3 Å². The minimum absolute atomic E-state index is 0.202. The number of carbonyl (C=O) groups is 2. The normalized spacial score (nSPS) is 14.2. The first-order valence-corrected chi connectivity index (χ1v) is 6.82. The Hall–Kier alpha value is -2.36. The van der Waals surface area contributed by atoms with Crippen molar-refractivity contribution in [1.29, 1.82) is 0 Å². The van der Waals surface area contributed by atoms with E-state index in [1.54, 1.807) is 18.2 Å². The molecule has 1 aliphatic heterocycles. The predicted molar refractivity (Wildman–Crippen MR) is 78.6 cm³/mol. The third-order valence-corrected chi connectivity index (χ3v) is 3.69. The topological polar surface area (TPSA) is 63.4 Å². The van der Waals surface area contributed by atoms with Gasteiger partial charge in [-0.05, 0) is 30.0 Å². The molecule has 2 N–H and O–H groups in total. The second-order valence-corrected chi connectivity index (χ2v) is 5.09. The highest BCUT2D eigenvalue weighted by Gasteiger charge is 2.32. The number of anilines is 1. The van der Waals surface area contributed by atoms with Gasteiger partial charge < -0.3 is 5.73 Å². The minimum Gasteiger partial charge on any atom is -0.399 e. The van der Waals surface area contributed by atoms with Crippen molar-refractivity contribution in [3.05, 3.63) is 41.5 Å². The molecule has 0 spiro atoms. The maximum Gasteiger partial charge on any atom is 0.261 e. The molecule has 0 aliphatic carbocycles. The quantitative estimate of drug-likeness (QED) is 0.687. The van der Waals surface area contributed by atoms with Gasteiger partial charge >= 0.3 is 0 Å². The number of nitrogen functional groups attached to an aromatic ring is 1. The molecule has 0 radical (unpaired) electrons. The molecule has 0 saturated carbocycles. The maximum atomic E-state index is 12.5. The van der Waals surface area contributed by atoms with Crippen LogP contribution in [0.25, 0.3) is 10.8 Å². The highest BCUT2D eigenvalue weighted by Crippen LogP contribution is 2.32. The van der Waals surface area contributed by atoms with Crippen molar-refractivity contribution in [2.24, 2.45) is 0 Å². The van der Waals surface area contributed by atoms with E-state index >= 15 is 0 Å². The molecule has 0 aromatic heterocycles. The molecule has 0 saturated heterocycles. The number of unbranched alkanes of at least 4 members (excludes halogenated alkanes) is 1. The summed E-state index contributed by atoms with van der Waals surface area (Å²) >= 11 is 0. The van der Waals surface area contributed by atoms with E-state index in [0.29, 0.717) is 23.4 Å². The van der Waals surface area contributed by atoms with E-state index in [2.05, 4.69) is 0 Å². The molecule has 4 nitrogen and oxygen atoms in total. The number of nitrogens with two attached hydrogens (primary N) is 1. The van der Waals surface area contributed by atoms with Gasteiger partial charge in [-0.3, -0.25) is 14.5 Å². The van der Waals surface area contributed by atoms with Crippen LogP contribution in [0.2, 0.25) is 0 Å². The fraction of sp³-hybridized carbons (Fsp3) is 0.250. The van der Waals surface area contributed by atoms with E-state index in [4.69, 9.17) is 5.73 Å². The fourth-order valence-electron chi connectivity index (χ4n) is 2.70. The first-order valence-electron chi connectivity index (χ1n) is 6.82. The molecule has 2 aromatic rings. The van der Waals surface area contributed by atoms with Crippen LogP contribution in [0.1, 0.15) is 40.5 Å². The van der Waals surface area contributed by atoms with E-state index in [9.17, 15) is 9.59 Å². The number of hydrogen-bond acceptors (Lipinski definition) is 3. The van der Waals surface area contributed by atoms with Crippen LogP contribution in [-0.2, 0) is 0 Å². The molecule has 0 atom stereocenters. The SMILES string of the molecule is CCCCN1C(=O)c2cccc3cc(N)cc(c23)C1=O. The van der Waals surface area contributed by atoms with Gasteiger partial charge in [0.2, 0.25) is 0 Å². The molecule has 102 valence electrons. The Kier molecular flexibility index (Phi) is 2.93. The van der Waals surface area contributed by atoms with Gasteiger partial charge in [-0.1, -0.05) is 25.5 Å². The summed E-state index contributed by atoms with van der Waals surface area (Å²) in [6.45, 7) is 2.49. The van der Waals surface area contributed by atoms with Crippen molar-refractivity contribution < 1.29 is 9.59 Å². The van der Waals surface area contributed by atoms with Crippen molar-refractivity contribution >= 4 is 28.3 Å². The Morgan fingerprint density at radius 2 is 1.85 bits per heavy atom. The highest BCUT2D eigenvalue weighted by molar-refractivity contribution is 6.25. The second-order valence-electron chi connectivity index (χ2n) is 5.09. The molecule has 3 rings (SSSR count). The van der Waals surface area contributed by atoms with Crippen LogP contribution >= 0.6 is 0 Å². The number of amides is 2. The number of benzene rings is 2. The van der Waals surface area contributed by atoms with Crippen LogP contribution in [0.15, 0.2) is 30.3 Å². The predicted octanol–water partition coefficient (Wildman–Crippen LogP) is 2.82. The summed E-state index contributed by atoms with van der Waals surface area (Å²) in [5, 5.41) is 1.57. The lowest BCUT2D eigenvalue weighted by molar-refractivity contribution is 0.0608. The summed E-state index contributed by atoms with van der Waals surface area (Å²) in [5.41, 5.74) is 7.53. The average Bonchev–Trinajstić information content (AvgIpc) is 2.44. The lowest BCUT2D eigenvalue weighted by Crippen LogP contribution is -2.40. The minimum atomic E-state index is -0.237. The number of hydrogen-bond donors (Lipinski definition) is 1. The molecule has 1 heterocycles. The maximum absolute atomic E-state index is 12.5. The van der Waals surface area contributed by atoms with Crippen LogP contribution in [0.3, 0.4) is 0 Å². The summed E-state index contributed by atoms with van der Waals surface area (Å²) in [5.74, 6) is -0.439. The summed E-state index contributed by atoms with van der Waals surface area (Å²) in [6, 6.07) is 8.94. The van der Waals surface area contributed by atoms with E-state index in [1.165, 1.54) is 4.90 Å². The van der Waals surface area contributed by atoms with Crippen molar-refractivity contribution in [3.63, 3.8) is 0 Å². The largest absolute Gasteiger partial charge is 0.399 e. The van der Waals surface area contributed by atoms with Gasteiger partial charge in [0, 0.05) is 23.2 Å². The summed E-state index contributed by atoms with van der Waals surface area (Å²) in [4.78, 5) is 26.3. The molecule has 0 fully saturated rings. The molecular formula is C16H16N2O2. The number of carbonyl (C=O) groups excluding carboxylic acids is 2. The number of nitrogens with zero attached hydrogens (tertiary/aromatic N) is 1. The van der Waals surface area contributed by atoms with Crippen LogP contribution in [0.5, 0.6) is 0 Å². The van der Waals surface area contributed by atoms with Crippen LogP contribution in [0, 0.1) is 0 Å². The van der Waals surface area contributed by atoms with E-state index in [1.807, 2.05) is 19.1 Å². The van der Waals surface area contributed by atoms with Gasteiger partial charge in [-0.25, -0.2) is 0 Å². The lowest BCUT2D eigenvalue weighted by Gasteiger charge is -2.27. The van der Waals surface area contributed by atoms with Gasteiger partial charge in [0.15, 0.2) is 0 Å². The molecule has 0 bridgehead atoms. The van der Waals surface area contributed by atoms with E-state index < -0.39 is 0 Å². The average molecular weight is 268 g/mol. The van der Waals surface area contributed by atoms with Crippen molar-refractivity contribution in [1.82, 2.24) is 4.90 Å². The standard InChI is InChI=1S/C16H16N2O2/c1-2-3-7-18-15(19)12-6-4-5-10-8-11(17)9-13(14(10)12)16(18)20/h4-6,8-9H,2-3,7,17H2,1H3.